The van der Waals surface area contributed by atoms with Gasteiger partial charge in [0, 0.05) is 6.07 Å². The highest BCUT2D eigenvalue weighted by Crippen LogP contribution is 2.30. The predicted octanol–water partition coefficient (Wildman–Crippen LogP) is 4.53. The Hall–Kier alpha value is -2.20. The van der Waals surface area contributed by atoms with E-state index in [0.717, 1.165) is 0 Å². The molecule has 0 amide bonds. The van der Waals surface area contributed by atoms with Crippen molar-refractivity contribution in [3.63, 3.8) is 0 Å². The molecule has 0 spiro atoms. The van der Waals surface area contributed by atoms with Crippen molar-refractivity contribution in [2.45, 2.75) is 0 Å². The molecule has 3 nitrogen and oxygen atoms in total. The normalized spacial score (nSPS) is 9.47. The predicted molar refractivity (Wildman–Crippen MR) is 72.4 cm³/mol. The summed E-state index contributed by atoms with van der Waals surface area (Å²) in [6, 6.07) is 13.3. The minimum Gasteiger partial charge on any atom is -0.457 e. The van der Waals surface area contributed by atoms with Crippen molar-refractivity contribution in [1.29, 1.82) is 10.5 Å². The molecule has 0 aliphatic heterocycles. The summed E-state index contributed by atoms with van der Waals surface area (Å²) >= 11 is 11.7. The van der Waals surface area contributed by atoms with Crippen LogP contribution in [0.3, 0.4) is 0 Å². The highest BCUT2D eigenvalue weighted by atomic mass is 35.5. The average Bonchev–Trinajstić information content (AvgIpc) is 2.42. The van der Waals surface area contributed by atoms with Crippen molar-refractivity contribution in [1.82, 2.24) is 0 Å². The monoisotopic (exact) mass is 288 g/mol. The molecule has 0 aliphatic carbocycles. The number of ether oxygens (including phenoxy) is 1. The first-order chi connectivity index (χ1) is 9.12. The van der Waals surface area contributed by atoms with E-state index in [9.17, 15) is 0 Å². The maximum Gasteiger partial charge on any atom is 0.130 e. The van der Waals surface area contributed by atoms with Crippen molar-refractivity contribution in [2.75, 3.05) is 0 Å². The smallest absolute Gasteiger partial charge is 0.130 e. The van der Waals surface area contributed by atoms with Crippen LogP contribution in [0.5, 0.6) is 11.5 Å². The Balaban J connectivity index is 2.35. The zero-order chi connectivity index (χ0) is 13.8. The molecule has 2 rings (SSSR count). The van der Waals surface area contributed by atoms with E-state index in [0.29, 0.717) is 32.7 Å². The Labute approximate surface area is 120 Å². The van der Waals surface area contributed by atoms with Gasteiger partial charge in [0.2, 0.25) is 0 Å². The van der Waals surface area contributed by atoms with Gasteiger partial charge in [-0.05, 0) is 30.3 Å². The third kappa shape index (κ3) is 3.17. The van der Waals surface area contributed by atoms with Crippen molar-refractivity contribution in [3.8, 4) is 23.6 Å². The molecule has 2 aromatic carbocycles. The molecule has 0 atom stereocenters. The molecular weight excluding hydrogens is 283 g/mol. The summed E-state index contributed by atoms with van der Waals surface area (Å²) in [6.45, 7) is 0. The van der Waals surface area contributed by atoms with Crippen LogP contribution in [-0.4, -0.2) is 0 Å². The van der Waals surface area contributed by atoms with Gasteiger partial charge in [0.15, 0.2) is 0 Å². The molecular formula is C14H6Cl2N2O. The zero-order valence-corrected chi connectivity index (χ0v) is 11.0. The van der Waals surface area contributed by atoms with Gasteiger partial charge < -0.3 is 4.74 Å². The molecule has 0 aromatic heterocycles. The Bertz CT molecular complexity index is 682. The number of rotatable bonds is 2. The largest absolute Gasteiger partial charge is 0.457 e. The first-order valence-corrected chi connectivity index (χ1v) is 5.96. The molecule has 0 saturated carbocycles. The lowest BCUT2D eigenvalue weighted by Crippen LogP contribution is -1.87. The standard InChI is InChI=1S/C14H6Cl2N2O/c15-13-2-1-11(6-14(13)16)19-12-4-9(7-17)3-10(5-12)8-18/h1-6H. The van der Waals surface area contributed by atoms with Crippen LogP contribution in [0.1, 0.15) is 11.1 Å². The van der Waals surface area contributed by atoms with Gasteiger partial charge in [-0.25, -0.2) is 0 Å². The molecule has 92 valence electrons. The number of halogens is 2. The van der Waals surface area contributed by atoms with E-state index in [4.69, 9.17) is 38.5 Å². The van der Waals surface area contributed by atoms with E-state index in [1.54, 1.807) is 30.3 Å². The van der Waals surface area contributed by atoms with Crippen LogP contribution in [0.25, 0.3) is 0 Å². The molecule has 0 unspecified atom stereocenters. The summed E-state index contributed by atoms with van der Waals surface area (Å²) in [6.07, 6.45) is 0. The van der Waals surface area contributed by atoms with E-state index in [1.165, 1.54) is 6.07 Å². The lowest BCUT2D eigenvalue weighted by atomic mass is 10.1. The van der Waals surface area contributed by atoms with Gasteiger partial charge in [-0.2, -0.15) is 10.5 Å². The lowest BCUT2D eigenvalue weighted by Gasteiger charge is -2.07. The first-order valence-electron chi connectivity index (χ1n) is 5.20. The first kappa shape index (κ1) is 13.2. The number of hydrogen-bond acceptors (Lipinski definition) is 3. The highest BCUT2D eigenvalue weighted by molar-refractivity contribution is 6.42. The summed E-state index contributed by atoms with van der Waals surface area (Å²) in [5, 5.41) is 18.5. The van der Waals surface area contributed by atoms with Crippen molar-refractivity contribution >= 4 is 23.2 Å². The maximum atomic E-state index is 8.88. The van der Waals surface area contributed by atoms with E-state index in [1.807, 2.05) is 12.1 Å². The minimum absolute atomic E-state index is 0.356. The van der Waals surface area contributed by atoms with Crippen LogP contribution in [0.4, 0.5) is 0 Å². The molecule has 0 fully saturated rings. The second-order valence-corrected chi connectivity index (χ2v) is 4.46. The fraction of sp³-hybridized carbons (Fsp3) is 0. The van der Waals surface area contributed by atoms with Crippen LogP contribution < -0.4 is 4.74 Å². The third-order valence-electron chi connectivity index (χ3n) is 2.29. The quantitative estimate of drug-likeness (QED) is 0.816. The van der Waals surface area contributed by atoms with Crippen LogP contribution in [-0.2, 0) is 0 Å². The fourth-order valence-corrected chi connectivity index (χ4v) is 1.75. The number of hydrogen-bond donors (Lipinski definition) is 0. The van der Waals surface area contributed by atoms with E-state index < -0.39 is 0 Å². The topological polar surface area (TPSA) is 56.8 Å². The van der Waals surface area contributed by atoms with Crippen molar-refractivity contribution < 1.29 is 4.74 Å². The van der Waals surface area contributed by atoms with Gasteiger partial charge in [0.05, 0.1) is 33.3 Å². The van der Waals surface area contributed by atoms with Gasteiger partial charge in [-0.15, -0.1) is 0 Å². The second-order valence-electron chi connectivity index (χ2n) is 3.65. The Kier molecular flexibility index (Phi) is 3.92. The summed E-state index contributed by atoms with van der Waals surface area (Å²) < 4.78 is 5.55. The van der Waals surface area contributed by atoms with Crippen LogP contribution >= 0.6 is 23.2 Å². The van der Waals surface area contributed by atoms with Gasteiger partial charge in [0.25, 0.3) is 0 Å². The lowest BCUT2D eigenvalue weighted by molar-refractivity contribution is 0.482. The Morgan fingerprint density at radius 3 is 1.95 bits per heavy atom. The van der Waals surface area contributed by atoms with Gasteiger partial charge in [-0.3, -0.25) is 0 Å². The molecule has 5 heteroatoms. The Morgan fingerprint density at radius 2 is 1.42 bits per heavy atom. The summed E-state index contributed by atoms with van der Waals surface area (Å²) in [5.41, 5.74) is 0.711. The average molecular weight is 289 g/mol. The Morgan fingerprint density at radius 1 is 0.789 bits per heavy atom. The third-order valence-corrected chi connectivity index (χ3v) is 3.03. The number of nitriles is 2. The molecule has 0 saturated heterocycles. The van der Waals surface area contributed by atoms with Crippen molar-refractivity contribution in [3.05, 3.63) is 57.6 Å². The zero-order valence-electron chi connectivity index (χ0n) is 9.52. The molecule has 2 aromatic rings. The van der Waals surface area contributed by atoms with Crippen LogP contribution in [0.15, 0.2) is 36.4 Å². The van der Waals surface area contributed by atoms with Gasteiger partial charge in [0.1, 0.15) is 11.5 Å². The van der Waals surface area contributed by atoms with Crippen molar-refractivity contribution in [2.24, 2.45) is 0 Å². The highest BCUT2D eigenvalue weighted by Gasteiger charge is 2.05. The minimum atomic E-state index is 0.356. The number of benzene rings is 2. The van der Waals surface area contributed by atoms with Gasteiger partial charge in [-0.1, -0.05) is 23.2 Å². The molecule has 0 bridgehead atoms. The molecule has 0 heterocycles. The van der Waals surface area contributed by atoms with Gasteiger partial charge >= 0.3 is 0 Å². The molecule has 0 radical (unpaired) electrons. The van der Waals surface area contributed by atoms with E-state index in [2.05, 4.69) is 0 Å². The number of nitrogens with zero attached hydrogens (tertiary/aromatic N) is 2. The van der Waals surface area contributed by atoms with E-state index in [-0.39, 0.29) is 0 Å². The summed E-state index contributed by atoms with van der Waals surface area (Å²) in [7, 11) is 0. The second kappa shape index (κ2) is 5.63. The summed E-state index contributed by atoms with van der Waals surface area (Å²) in [4.78, 5) is 0. The fourth-order valence-electron chi connectivity index (χ4n) is 1.46. The summed E-state index contributed by atoms with van der Waals surface area (Å²) in [5.74, 6) is 0.877. The molecule has 19 heavy (non-hydrogen) atoms. The van der Waals surface area contributed by atoms with Crippen LogP contribution in [0, 0.1) is 22.7 Å². The maximum absolute atomic E-state index is 8.88. The molecule has 0 N–H and O–H groups in total. The SMILES string of the molecule is N#Cc1cc(C#N)cc(Oc2ccc(Cl)c(Cl)c2)c1. The molecule has 0 aliphatic rings. The van der Waals surface area contributed by atoms with Crippen LogP contribution in [0.2, 0.25) is 10.0 Å². The van der Waals surface area contributed by atoms with E-state index >= 15 is 0 Å².